The number of unbranched alkanes of at least 4 members (excludes halogenated alkanes) is 3. The van der Waals surface area contributed by atoms with Gasteiger partial charge >= 0.3 is 5.97 Å². The molecule has 0 atom stereocenters. The van der Waals surface area contributed by atoms with Crippen LogP contribution in [-0.2, 0) is 16.6 Å². The average molecular weight is 279 g/mol. The Kier molecular flexibility index (Phi) is 7.10. The topological polar surface area (TPSA) is 84.2 Å². The summed E-state index contributed by atoms with van der Waals surface area (Å²) in [4.78, 5) is 21.8. The fourth-order valence-corrected chi connectivity index (χ4v) is 1.73. The molecule has 6 heteroatoms. The molecular weight excluding hydrogens is 258 g/mol. The molecule has 0 spiro atoms. The van der Waals surface area contributed by atoms with Crippen molar-refractivity contribution in [1.82, 2.24) is 15.1 Å². The average Bonchev–Trinajstić information content (AvgIpc) is 2.80. The van der Waals surface area contributed by atoms with Gasteiger partial charge < -0.3 is 10.4 Å². The summed E-state index contributed by atoms with van der Waals surface area (Å²) in [6.45, 7) is 0.613. The number of carbonyl (C=O) groups is 2. The second kappa shape index (κ2) is 8.90. The highest BCUT2D eigenvalue weighted by Crippen LogP contribution is 2.02. The maximum Gasteiger partial charge on any atom is 0.303 e. The molecule has 1 rings (SSSR count). The van der Waals surface area contributed by atoms with Crippen LogP contribution in [0, 0.1) is 0 Å². The number of aromatic nitrogens is 2. The van der Waals surface area contributed by atoms with Crippen molar-refractivity contribution in [3.05, 3.63) is 24.0 Å². The first kappa shape index (κ1) is 15.9. The molecule has 2 N–H and O–H groups in total. The van der Waals surface area contributed by atoms with E-state index in [4.69, 9.17) is 5.11 Å². The lowest BCUT2D eigenvalue weighted by molar-refractivity contribution is -0.137. The minimum Gasteiger partial charge on any atom is -0.481 e. The maximum absolute atomic E-state index is 11.5. The smallest absolute Gasteiger partial charge is 0.303 e. The Morgan fingerprint density at radius 3 is 2.75 bits per heavy atom. The van der Waals surface area contributed by atoms with E-state index in [0.717, 1.165) is 25.0 Å². The van der Waals surface area contributed by atoms with Gasteiger partial charge in [-0.3, -0.25) is 14.3 Å². The molecule has 0 aliphatic carbocycles. The van der Waals surface area contributed by atoms with E-state index in [1.165, 1.54) is 6.08 Å². The maximum atomic E-state index is 11.5. The Morgan fingerprint density at radius 2 is 2.10 bits per heavy atom. The van der Waals surface area contributed by atoms with Gasteiger partial charge in [0.05, 0.1) is 5.69 Å². The van der Waals surface area contributed by atoms with Gasteiger partial charge in [-0.05, 0) is 25.0 Å². The van der Waals surface area contributed by atoms with Crippen LogP contribution in [0.3, 0.4) is 0 Å². The molecule has 0 aliphatic rings. The number of amides is 1. The van der Waals surface area contributed by atoms with Crippen LogP contribution in [0.4, 0.5) is 0 Å². The van der Waals surface area contributed by atoms with Crippen LogP contribution in [0.15, 0.2) is 18.3 Å². The van der Waals surface area contributed by atoms with Crippen LogP contribution in [0.5, 0.6) is 0 Å². The molecule has 0 saturated carbocycles. The third-order valence-electron chi connectivity index (χ3n) is 2.88. The molecule has 6 nitrogen and oxygen atoms in total. The summed E-state index contributed by atoms with van der Waals surface area (Å²) in [5.74, 6) is -0.879. The summed E-state index contributed by atoms with van der Waals surface area (Å²) < 4.78 is 1.69. The Labute approximate surface area is 118 Å². The van der Waals surface area contributed by atoms with Gasteiger partial charge in [0.2, 0.25) is 5.91 Å². The first-order chi connectivity index (χ1) is 9.59. The number of nitrogens with zero attached hydrogens (tertiary/aromatic N) is 2. The molecule has 1 heterocycles. The van der Waals surface area contributed by atoms with Gasteiger partial charge in [0.25, 0.3) is 0 Å². The highest BCUT2D eigenvalue weighted by molar-refractivity contribution is 5.91. The van der Waals surface area contributed by atoms with Gasteiger partial charge in [-0.1, -0.05) is 12.8 Å². The monoisotopic (exact) mass is 279 g/mol. The quantitative estimate of drug-likeness (QED) is 0.531. The third-order valence-corrected chi connectivity index (χ3v) is 2.88. The van der Waals surface area contributed by atoms with Crippen LogP contribution in [0.1, 0.15) is 37.8 Å². The number of hydrogen-bond acceptors (Lipinski definition) is 3. The van der Waals surface area contributed by atoms with E-state index in [9.17, 15) is 9.59 Å². The van der Waals surface area contributed by atoms with Crippen molar-refractivity contribution in [2.75, 3.05) is 6.54 Å². The van der Waals surface area contributed by atoms with E-state index >= 15 is 0 Å². The predicted molar refractivity (Wildman–Crippen MR) is 76.0 cm³/mol. The molecule has 1 aromatic rings. The minimum absolute atomic E-state index is 0.128. The SMILES string of the molecule is Cn1nccc1/C=C/C(=O)NCCCCCCC(=O)O. The molecule has 1 aromatic heterocycles. The number of carboxylic acids is 1. The zero-order valence-corrected chi connectivity index (χ0v) is 11.7. The Hall–Kier alpha value is -2.11. The van der Waals surface area contributed by atoms with Crippen LogP contribution < -0.4 is 5.32 Å². The summed E-state index contributed by atoms with van der Waals surface area (Å²) in [7, 11) is 1.81. The molecule has 110 valence electrons. The van der Waals surface area contributed by atoms with E-state index in [1.54, 1.807) is 17.0 Å². The van der Waals surface area contributed by atoms with E-state index in [0.29, 0.717) is 13.0 Å². The summed E-state index contributed by atoms with van der Waals surface area (Å²) in [6.07, 6.45) is 8.48. The van der Waals surface area contributed by atoms with Gasteiger partial charge in [-0.2, -0.15) is 5.10 Å². The highest BCUT2D eigenvalue weighted by atomic mass is 16.4. The molecule has 20 heavy (non-hydrogen) atoms. The lowest BCUT2D eigenvalue weighted by Crippen LogP contribution is -2.22. The zero-order valence-electron chi connectivity index (χ0n) is 11.7. The van der Waals surface area contributed by atoms with Crippen LogP contribution in [-0.4, -0.2) is 33.3 Å². The minimum atomic E-state index is -0.751. The number of nitrogens with one attached hydrogen (secondary N) is 1. The van der Waals surface area contributed by atoms with Gasteiger partial charge in [0.1, 0.15) is 0 Å². The molecule has 0 aliphatic heterocycles. The Bertz CT molecular complexity index is 466. The van der Waals surface area contributed by atoms with Crippen molar-refractivity contribution in [3.8, 4) is 0 Å². The van der Waals surface area contributed by atoms with E-state index in [1.807, 2.05) is 13.1 Å². The lowest BCUT2D eigenvalue weighted by Gasteiger charge is -2.02. The second-order valence-corrected chi connectivity index (χ2v) is 4.56. The largest absolute Gasteiger partial charge is 0.481 e. The standard InChI is InChI=1S/C14H21N3O3/c1-17-12(9-11-16-17)7-8-13(18)15-10-5-3-2-4-6-14(19)20/h7-9,11H,2-6,10H2,1H3,(H,15,18)(H,19,20)/b8-7+. The molecule has 0 unspecified atom stereocenters. The number of carbonyl (C=O) groups excluding carboxylic acids is 1. The fraction of sp³-hybridized carbons (Fsp3) is 0.500. The third kappa shape index (κ3) is 6.72. The highest BCUT2D eigenvalue weighted by Gasteiger charge is 1.98. The summed E-state index contributed by atoms with van der Waals surface area (Å²) in [5.41, 5.74) is 0.869. The van der Waals surface area contributed by atoms with Crippen LogP contribution in [0.25, 0.3) is 6.08 Å². The van der Waals surface area contributed by atoms with Gasteiger partial charge in [-0.25, -0.2) is 0 Å². The zero-order chi connectivity index (χ0) is 14.8. The summed E-state index contributed by atoms with van der Waals surface area (Å²) in [5, 5.41) is 15.3. The fourth-order valence-electron chi connectivity index (χ4n) is 1.73. The van der Waals surface area contributed by atoms with E-state index in [2.05, 4.69) is 10.4 Å². The van der Waals surface area contributed by atoms with E-state index < -0.39 is 5.97 Å². The van der Waals surface area contributed by atoms with Crippen LogP contribution in [0.2, 0.25) is 0 Å². The van der Waals surface area contributed by atoms with Crippen molar-refractivity contribution < 1.29 is 14.7 Å². The van der Waals surface area contributed by atoms with Crippen molar-refractivity contribution in [2.45, 2.75) is 32.1 Å². The number of aliphatic carboxylic acids is 1. The predicted octanol–water partition coefficient (Wildman–Crippen LogP) is 1.58. The molecule has 0 saturated heterocycles. The second-order valence-electron chi connectivity index (χ2n) is 4.56. The molecular formula is C14H21N3O3. The number of rotatable bonds is 9. The van der Waals surface area contributed by atoms with Crippen molar-refractivity contribution >= 4 is 18.0 Å². The van der Waals surface area contributed by atoms with Crippen molar-refractivity contribution in [3.63, 3.8) is 0 Å². The Balaban J connectivity index is 2.07. The normalized spacial score (nSPS) is 10.8. The Morgan fingerprint density at radius 1 is 1.35 bits per heavy atom. The summed E-state index contributed by atoms with van der Waals surface area (Å²) >= 11 is 0. The molecule has 0 bridgehead atoms. The molecule has 1 amide bonds. The van der Waals surface area contributed by atoms with Crippen LogP contribution >= 0.6 is 0 Å². The molecule has 0 fully saturated rings. The number of hydrogen-bond donors (Lipinski definition) is 2. The van der Waals surface area contributed by atoms with Crippen molar-refractivity contribution in [2.24, 2.45) is 7.05 Å². The molecule has 0 radical (unpaired) electrons. The molecule has 0 aromatic carbocycles. The lowest BCUT2D eigenvalue weighted by atomic mass is 10.1. The number of carboxylic acid groups (broad SMARTS) is 1. The first-order valence-corrected chi connectivity index (χ1v) is 6.75. The first-order valence-electron chi connectivity index (χ1n) is 6.75. The van der Waals surface area contributed by atoms with E-state index in [-0.39, 0.29) is 12.3 Å². The summed E-state index contributed by atoms with van der Waals surface area (Å²) in [6, 6.07) is 1.83. The van der Waals surface area contributed by atoms with Crippen molar-refractivity contribution in [1.29, 1.82) is 0 Å². The van der Waals surface area contributed by atoms with Gasteiger partial charge in [0, 0.05) is 32.3 Å². The number of aryl methyl sites for hydroxylation is 1. The van der Waals surface area contributed by atoms with Gasteiger partial charge in [0.15, 0.2) is 0 Å². The van der Waals surface area contributed by atoms with Gasteiger partial charge in [-0.15, -0.1) is 0 Å².